The summed E-state index contributed by atoms with van der Waals surface area (Å²) in [6, 6.07) is 5.22. The lowest BCUT2D eigenvalue weighted by atomic mass is 10.4. The van der Waals surface area contributed by atoms with E-state index in [9.17, 15) is 4.79 Å². The number of nitrogens with one attached hydrogen (secondary N) is 1. The van der Waals surface area contributed by atoms with Crippen LogP contribution >= 0.6 is 0 Å². The molecule has 1 N–H and O–H groups in total. The second kappa shape index (κ2) is 6.37. The fourth-order valence-electron chi connectivity index (χ4n) is 1.27. The maximum absolute atomic E-state index is 11.3. The molecular formula is C11H19N3O. The van der Waals surface area contributed by atoms with Gasteiger partial charge in [0, 0.05) is 38.4 Å². The van der Waals surface area contributed by atoms with Gasteiger partial charge < -0.3 is 14.8 Å². The van der Waals surface area contributed by atoms with Crippen molar-refractivity contribution in [3.05, 3.63) is 34.7 Å². The number of likely N-dealkylation sites (N-methyl/N-ethyl adjacent to an activating group) is 1. The summed E-state index contributed by atoms with van der Waals surface area (Å²) < 4.78 is 1.71. The Bertz CT molecular complexity index is 333. The number of hydrogen-bond donors (Lipinski definition) is 1. The largest absolute Gasteiger partial charge is 0.314 e. The molecule has 0 saturated heterocycles. The third-order valence-corrected chi connectivity index (χ3v) is 2.16. The Labute approximate surface area is 90.5 Å². The van der Waals surface area contributed by atoms with E-state index < -0.39 is 0 Å². The van der Waals surface area contributed by atoms with Gasteiger partial charge in [0.15, 0.2) is 0 Å². The normalized spacial score (nSPS) is 10.9. The lowest BCUT2D eigenvalue weighted by Crippen LogP contribution is -2.31. The molecule has 0 aliphatic rings. The van der Waals surface area contributed by atoms with Crippen LogP contribution in [0.1, 0.15) is 0 Å². The molecule has 0 bridgehead atoms. The molecule has 84 valence electrons. The third kappa shape index (κ3) is 4.76. The van der Waals surface area contributed by atoms with Gasteiger partial charge in [0.1, 0.15) is 0 Å². The molecule has 1 heterocycles. The average Bonchev–Trinajstić information content (AvgIpc) is 2.20. The van der Waals surface area contributed by atoms with Crippen molar-refractivity contribution in [3.8, 4) is 0 Å². The Morgan fingerprint density at radius 2 is 2.13 bits per heavy atom. The first-order valence-corrected chi connectivity index (χ1v) is 5.21. The van der Waals surface area contributed by atoms with Crippen LogP contribution in [0.3, 0.4) is 0 Å². The number of aromatic nitrogens is 1. The Kier molecular flexibility index (Phi) is 5.07. The molecule has 0 aliphatic carbocycles. The van der Waals surface area contributed by atoms with Gasteiger partial charge in [-0.05, 0) is 20.2 Å². The molecule has 4 heteroatoms. The van der Waals surface area contributed by atoms with Crippen LogP contribution in [0.4, 0.5) is 0 Å². The van der Waals surface area contributed by atoms with Gasteiger partial charge in [0.2, 0.25) is 0 Å². The second-order valence-electron chi connectivity index (χ2n) is 3.79. The second-order valence-corrected chi connectivity index (χ2v) is 3.79. The average molecular weight is 209 g/mol. The Morgan fingerprint density at radius 3 is 2.80 bits per heavy atom. The van der Waals surface area contributed by atoms with Crippen molar-refractivity contribution < 1.29 is 0 Å². The van der Waals surface area contributed by atoms with Crippen molar-refractivity contribution in [1.29, 1.82) is 0 Å². The number of rotatable bonds is 6. The summed E-state index contributed by atoms with van der Waals surface area (Å²) in [4.78, 5) is 13.4. The predicted octanol–water partition coefficient (Wildman–Crippen LogP) is -0.000500. The van der Waals surface area contributed by atoms with Gasteiger partial charge in [-0.2, -0.15) is 0 Å². The van der Waals surface area contributed by atoms with E-state index in [1.807, 2.05) is 26.4 Å². The van der Waals surface area contributed by atoms with Gasteiger partial charge in [-0.25, -0.2) is 0 Å². The minimum atomic E-state index is 0.0620. The molecule has 0 spiro atoms. The van der Waals surface area contributed by atoms with Crippen LogP contribution in [-0.2, 0) is 6.54 Å². The van der Waals surface area contributed by atoms with Crippen molar-refractivity contribution in [3.63, 3.8) is 0 Å². The van der Waals surface area contributed by atoms with E-state index in [2.05, 4.69) is 10.2 Å². The molecule has 0 amide bonds. The van der Waals surface area contributed by atoms with Gasteiger partial charge in [-0.1, -0.05) is 6.07 Å². The highest BCUT2D eigenvalue weighted by atomic mass is 16.1. The molecule has 0 aliphatic heterocycles. The topological polar surface area (TPSA) is 37.3 Å². The van der Waals surface area contributed by atoms with Crippen molar-refractivity contribution in [2.24, 2.45) is 0 Å². The summed E-state index contributed by atoms with van der Waals surface area (Å²) in [7, 11) is 4.09. The standard InChI is InChI=1S/C11H19N3O/c1-13(2)9-6-12-7-10-14-8-4-3-5-11(14)15/h3-5,8,12H,6-7,9-10H2,1-2H3. The molecule has 0 aromatic carbocycles. The van der Waals surface area contributed by atoms with E-state index >= 15 is 0 Å². The number of hydrogen-bond acceptors (Lipinski definition) is 3. The maximum atomic E-state index is 11.3. The van der Waals surface area contributed by atoms with Crippen LogP contribution in [0.25, 0.3) is 0 Å². The Hall–Kier alpha value is -1.13. The van der Waals surface area contributed by atoms with Gasteiger partial charge in [0.25, 0.3) is 5.56 Å². The highest BCUT2D eigenvalue weighted by Gasteiger charge is 1.93. The molecule has 4 nitrogen and oxygen atoms in total. The van der Waals surface area contributed by atoms with E-state index in [-0.39, 0.29) is 5.56 Å². The number of pyridine rings is 1. The minimum Gasteiger partial charge on any atom is -0.314 e. The Balaban J connectivity index is 2.21. The molecular weight excluding hydrogens is 190 g/mol. The molecule has 1 aromatic rings. The SMILES string of the molecule is CN(C)CCNCCn1ccccc1=O. The molecule has 1 aromatic heterocycles. The fraction of sp³-hybridized carbons (Fsp3) is 0.545. The highest BCUT2D eigenvalue weighted by molar-refractivity contribution is 4.93. The van der Waals surface area contributed by atoms with Crippen molar-refractivity contribution in [2.75, 3.05) is 33.7 Å². The van der Waals surface area contributed by atoms with Crippen molar-refractivity contribution in [1.82, 2.24) is 14.8 Å². The highest BCUT2D eigenvalue weighted by Crippen LogP contribution is 1.80. The summed E-state index contributed by atoms with van der Waals surface area (Å²) >= 11 is 0. The molecule has 0 radical (unpaired) electrons. The fourth-order valence-corrected chi connectivity index (χ4v) is 1.27. The summed E-state index contributed by atoms with van der Waals surface area (Å²) in [6.45, 7) is 3.53. The van der Waals surface area contributed by atoms with Crippen molar-refractivity contribution in [2.45, 2.75) is 6.54 Å². The Morgan fingerprint density at radius 1 is 1.33 bits per heavy atom. The molecule has 1 rings (SSSR count). The lowest BCUT2D eigenvalue weighted by Gasteiger charge is -2.10. The van der Waals surface area contributed by atoms with E-state index in [0.717, 1.165) is 26.2 Å². The monoisotopic (exact) mass is 209 g/mol. The minimum absolute atomic E-state index is 0.0620. The van der Waals surface area contributed by atoms with E-state index in [1.54, 1.807) is 16.7 Å². The van der Waals surface area contributed by atoms with Gasteiger partial charge >= 0.3 is 0 Å². The zero-order valence-corrected chi connectivity index (χ0v) is 9.44. The maximum Gasteiger partial charge on any atom is 0.250 e. The van der Waals surface area contributed by atoms with Crippen molar-refractivity contribution >= 4 is 0 Å². The third-order valence-electron chi connectivity index (χ3n) is 2.16. The zero-order chi connectivity index (χ0) is 11.1. The lowest BCUT2D eigenvalue weighted by molar-refractivity contribution is 0.397. The van der Waals surface area contributed by atoms with Crippen LogP contribution in [0.15, 0.2) is 29.2 Å². The molecule has 0 atom stereocenters. The van der Waals surface area contributed by atoms with Crippen LogP contribution < -0.4 is 10.9 Å². The van der Waals surface area contributed by atoms with Crippen LogP contribution in [0.2, 0.25) is 0 Å². The van der Waals surface area contributed by atoms with Crippen LogP contribution in [0, 0.1) is 0 Å². The van der Waals surface area contributed by atoms with E-state index in [0.29, 0.717) is 0 Å². The van der Waals surface area contributed by atoms with Gasteiger partial charge in [-0.15, -0.1) is 0 Å². The smallest absolute Gasteiger partial charge is 0.250 e. The van der Waals surface area contributed by atoms with E-state index in [1.165, 1.54) is 0 Å². The summed E-state index contributed by atoms with van der Waals surface area (Å²) in [5.41, 5.74) is 0.0620. The molecule has 0 saturated carbocycles. The van der Waals surface area contributed by atoms with Gasteiger partial charge in [-0.3, -0.25) is 4.79 Å². The molecule has 0 unspecified atom stereocenters. The predicted molar refractivity (Wildman–Crippen MR) is 62.1 cm³/mol. The molecule has 15 heavy (non-hydrogen) atoms. The number of nitrogens with zero attached hydrogens (tertiary/aromatic N) is 2. The zero-order valence-electron chi connectivity index (χ0n) is 9.44. The summed E-state index contributed by atoms with van der Waals surface area (Å²) in [5, 5.41) is 3.29. The first-order chi connectivity index (χ1) is 7.20. The summed E-state index contributed by atoms with van der Waals surface area (Å²) in [6.07, 6.45) is 1.82. The van der Waals surface area contributed by atoms with Crippen LogP contribution in [-0.4, -0.2) is 43.2 Å². The first-order valence-electron chi connectivity index (χ1n) is 5.21. The quantitative estimate of drug-likeness (QED) is 0.670. The van der Waals surface area contributed by atoms with Crippen LogP contribution in [0.5, 0.6) is 0 Å². The summed E-state index contributed by atoms with van der Waals surface area (Å²) in [5.74, 6) is 0. The molecule has 0 fully saturated rings. The van der Waals surface area contributed by atoms with E-state index in [4.69, 9.17) is 0 Å². The first kappa shape index (κ1) is 11.9. The van der Waals surface area contributed by atoms with Gasteiger partial charge in [0.05, 0.1) is 0 Å².